The van der Waals surface area contributed by atoms with E-state index in [2.05, 4.69) is 15.0 Å². The molecule has 0 spiro atoms. The van der Waals surface area contributed by atoms with Crippen LogP contribution in [0.25, 0.3) is 55.7 Å². The van der Waals surface area contributed by atoms with Crippen molar-refractivity contribution < 1.29 is 20.9 Å². The van der Waals surface area contributed by atoms with Crippen LogP contribution >= 0.6 is 0 Å². The highest BCUT2D eigenvalue weighted by molar-refractivity contribution is 6.09. The molecule has 0 amide bonds. The zero-order valence-electron chi connectivity index (χ0n) is 41.5. The number of aryl methyl sites for hydroxylation is 6. The summed E-state index contributed by atoms with van der Waals surface area (Å²) < 4.78 is 118. The van der Waals surface area contributed by atoms with Crippen LogP contribution in [-0.4, -0.2) is 15.0 Å². The molecule has 9 aromatic rings. The Hall–Kier alpha value is -6.65. The van der Waals surface area contributed by atoms with Gasteiger partial charge in [-0.15, -0.1) is 0 Å². The average molecular weight is 724 g/mol. The average Bonchev–Trinajstić information content (AvgIpc) is 3.73. The molecule has 0 unspecified atom stereocenters. The van der Waals surface area contributed by atoms with Gasteiger partial charge >= 0.3 is 0 Å². The molecule has 0 bridgehead atoms. The maximum atomic E-state index is 9.44. The Labute approximate surface area is 339 Å². The zero-order chi connectivity index (χ0) is 47.6. The molecule has 266 valence electrons. The van der Waals surface area contributed by atoms with Gasteiger partial charge in [-0.25, -0.2) is 0 Å². The van der Waals surface area contributed by atoms with Gasteiger partial charge < -0.3 is 4.42 Å². The second kappa shape index (κ2) is 15.8. The number of para-hydroxylation sites is 2. The molecule has 5 aromatic carbocycles. The molecule has 4 heterocycles. The second-order valence-electron chi connectivity index (χ2n) is 12.9. The summed E-state index contributed by atoms with van der Waals surface area (Å²) in [5, 5.41) is 1.77. The molecule has 55 heavy (non-hydrogen) atoms. The number of pyridine rings is 3. The molecular weight excluding hydrogens is 671 g/mol. The van der Waals surface area contributed by atoms with Crippen molar-refractivity contribution in [3.8, 4) is 33.8 Å². The third-order valence-electron chi connectivity index (χ3n) is 9.10. The van der Waals surface area contributed by atoms with Crippen LogP contribution in [0.1, 0.15) is 49.8 Å². The summed E-state index contributed by atoms with van der Waals surface area (Å²) >= 11 is 0. The highest BCUT2D eigenvalue weighted by atomic mass is 16.3. The van der Waals surface area contributed by atoms with E-state index in [-0.39, 0.29) is 16.7 Å². The summed E-state index contributed by atoms with van der Waals surface area (Å²) in [5.74, 6) is 0. The van der Waals surface area contributed by atoms with Crippen molar-refractivity contribution in [2.24, 2.45) is 0 Å². The van der Waals surface area contributed by atoms with Crippen molar-refractivity contribution in [3.05, 3.63) is 210 Å². The first kappa shape index (κ1) is 23.2. The minimum Gasteiger partial charge on any atom is -0.455 e. The summed E-state index contributed by atoms with van der Waals surface area (Å²) in [7, 11) is 0. The monoisotopic (exact) mass is 723 g/mol. The molecule has 0 saturated carbocycles. The van der Waals surface area contributed by atoms with Gasteiger partial charge in [0.05, 0.1) is 17.1 Å². The fourth-order valence-electron chi connectivity index (χ4n) is 6.35. The van der Waals surface area contributed by atoms with E-state index < -0.39 is 54.9 Å². The Bertz CT molecular complexity index is 3110. The van der Waals surface area contributed by atoms with E-state index in [1.807, 2.05) is 103 Å². The smallest absolute Gasteiger partial charge is 0.144 e. The van der Waals surface area contributed by atoms with E-state index >= 15 is 0 Å². The van der Waals surface area contributed by atoms with Gasteiger partial charge in [0.2, 0.25) is 0 Å². The van der Waals surface area contributed by atoms with Gasteiger partial charge in [0, 0.05) is 62.5 Å². The topological polar surface area (TPSA) is 51.8 Å². The van der Waals surface area contributed by atoms with Crippen LogP contribution in [0.15, 0.2) is 181 Å². The number of nitrogens with zero attached hydrogens (tertiary/aromatic N) is 3. The number of rotatable bonds is 12. The minimum atomic E-state index is -3.08. The van der Waals surface area contributed by atoms with E-state index in [4.69, 9.17) is 4.42 Å². The lowest BCUT2D eigenvalue weighted by Crippen LogP contribution is -2.00. The van der Waals surface area contributed by atoms with Crippen LogP contribution in [0.2, 0.25) is 0 Å². The lowest BCUT2D eigenvalue weighted by Gasteiger charge is -2.12. The fourth-order valence-corrected chi connectivity index (χ4v) is 6.35. The van der Waals surface area contributed by atoms with Gasteiger partial charge in [0.15, 0.2) is 0 Å². The fraction of sp³-hybridized carbons (Fsp3) is 0.118. The molecule has 4 nitrogen and oxygen atoms in total. The SMILES string of the molecule is [2H]C([2H])(c1ccc(-c2ccccc2)nc1)C([2H])([2H])c1cc(C([2H])([2H])C([2H])([2H])c2ccc(-c3ccccc3)nc2)cc(C([2H])([2H])C([2H])([2H])c2ccc(-c3cccc4c3oc3ccccc34)nc2)c1. The number of aromatic nitrogens is 3. The van der Waals surface area contributed by atoms with Gasteiger partial charge in [0.25, 0.3) is 0 Å². The third-order valence-corrected chi connectivity index (χ3v) is 9.10. The summed E-state index contributed by atoms with van der Waals surface area (Å²) in [6.45, 7) is 0. The quantitative estimate of drug-likeness (QED) is 0.126. The standard InChI is InChI=1S/C51H41N3O/c1-3-10-42(11-4-1)47-27-24-36(33-52-47)18-21-39-30-40(22-19-37-25-28-48(53-34-37)43-12-5-2-6-13-43)32-41(31-39)23-20-38-26-29-49(54-35-38)46-16-9-15-45-44-14-7-8-17-50(44)55-51(45)46/h1-17,24-35H,18-23H2/i18D2,19D2,20D2,21D2,22D2,23D2. The highest BCUT2D eigenvalue weighted by Gasteiger charge is 2.13. The zero-order valence-corrected chi connectivity index (χ0v) is 29.5. The number of fused-ring (bicyclic) bond motifs is 3. The molecule has 0 saturated heterocycles. The number of benzene rings is 5. The molecule has 4 aromatic heterocycles. The first-order valence-electron chi connectivity index (χ1n) is 23.8. The molecule has 0 aliphatic carbocycles. The summed E-state index contributed by atoms with van der Waals surface area (Å²) in [6.07, 6.45) is -14.3. The van der Waals surface area contributed by atoms with Crippen LogP contribution in [0.5, 0.6) is 0 Å². The van der Waals surface area contributed by atoms with Gasteiger partial charge in [-0.3, -0.25) is 15.0 Å². The van der Waals surface area contributed by atoms with Crippen molar-refractivity contribution in [1.29, 1.82) is 0 Å². The lowest BCUT2D eigenvalue weighted by molar-refractivity contribution is 0.670. The lowest BCUT2D eigenvalue weighted by atomic mass is 9.94. The second-order valence-corrected chi connectivity index (χ2v) is 12.9. The Kier molecular flexibility index (Phi) is 6.65. The van der Waals surface area contributed by atoms with E-state index in [1.54, 1.807) is 18.2 Å². The normalized spacial score (nSPS) is 16.1. The molecule has 0 N–H and O–H groups in total. The van der Waals surface area contributed by atoms with Gasteiger partial charge in [-0.2, -0.15) is 0 Å². The molecular formula is C51H41N3O. The molecule has 0 aliphatic heterocycles. The number of hydrogen-bond donors (Lipinski definition) is 0. The van der Waals surface area contributed by atoms with Crippen molar-refractivity contribution in [3.63, 3.8) is 0 Å². The summed E-state index contributed by atoms with van der Waals surface area (Å²) in [4.78, 5) is 13.3. The van der Waals surface area contributed by atoms with Gasteiger partial charge in [-0.1, -0.05) is 127 Å². The number of furan rings is 1. The Morgan fingerprint density at radius 1 is 0.382 bits per heavy atom. The highest BCUT2D eigenvalue weighted by Crippen LogP contribution is 2.35. The Morgan fingerprint density at radius 3 is 1.31 bits per heavy atom. The van der Waals surface area contributed by atoms with Crippen LogP contribution in [0.4, 0.5) is 0 Å². The van der Waals surface area contributed by atoms with Crippen molar-refractivity contribution in [1.82, 2.24) is 15.0 Å². The third kappa shape index (κ3) is 7.85. The van der Waals surface area contributed by atoms with Crippen LogP contribution < -0.4 is 0 Å². The van der Waals surface area contributed by atoms with Crippen molar-refractivity contribution in [2.45, 2.75) is 38.2 Å². The summed E-state index contributed by atoms with van der Waals surface area (Å²) in [6, 6.07) is 43.2. The van der Waals surface area contributed by atoms with Gasteiger partial charge in [0.1, 0.15) is 11.2 Å². The van der Waals surface area contributed by atoms with E-state index in [0.717, 1.165) is 40.1 Å². The molecule has 0 radical (unpaired) electrons. The van der Waals surface area contributed by atoms with Crippen molar-refractivity contribution >= 4 is 21.9 Å². The first-order valence-corrected chi connectivity index (χ1v) is 17.8. The Balaban J connectivity index is 1.13. The van der Waals surface area contributed by atoms with Crippen LogP contribution in [-0.2, 0) is 38.2 Å². The van der Waals surface area contributed by atoms with Gasteiger partial charge in [-0.05, 0) is 102 Å². The molecule has 4 heteroatoms. The Morgan fingerprint density at radius 2 is 0.818 bits per heavy atom. The maximum absolute atomic E-state index is 9.44. The van der Waals surface area contributed by atoms with Crippen molar-refractivity contribution in [2.75, 3.05) is 0 Å². The van der Waals surface area contributed by atoms with Crippen LogP contribution in [0.3, 0.4) is 0 Å². The van der Waals surface area contributed by atoms with E-state index in [0.29, 0.717) is 33.8 Å². The molecule has 9 rings (SSSR count). The minimum absolute atomic E-state index is 0.171. The predicted octanol–water partition coefficient (Wildman–Crippen LogP) is 12.1. The molecule has 0 fully saturated rings. The van der Waals surface area contributed by atoms with E-state index in [1.165, 1.54) is 36.8 Å². The largest absolute Gasteiger partial charge is 0.455 e. The van der Waals surface area contributed by atoms with Crippen LogP contribution in [0, 0.1) is 0 Å². The summed E-state index contributed by atoms with van der Waals surface area (Å²) in [5.41, 5.74) is 2.62. The van der Waals surface area contributed by atoms with E-state index in [9.17, 15) is 16.4 Å². The molecule has 0 atom stereocenters. The predicted molar refractivity (Wildman–Crippen MR) is 225 cm³/mol. The maximum Gasteiger partial charge on any atom is 0.144 e. The molecule has 0 aliphatic rings. The first-order chi connectivity index (χ1) is 31.7. The number of hydrogen-bond acceptors (Lipinski definition) is 4.